The van der Waals surface area contributed by atoms with Gasteiger partial charge in [-0.3, -0.25) is 9.88 Å². The molecule has 0 bridgehead atoms. The van der Waals surface area contributed by atoms with Gasteiger partial charge >= 0.3 is 0 Å². The van der Waals surface area contributed by atoms with Gasteiger partial charge in [-0.1, -0.05) is 13.0 Å². The van der Waals surface area contributed by atoms with E-state index in [-0.39, 0.29) is 6.61 Å². The van der Waals surface area contributed by atoms with Crippen LogP contribution in [0.3, 0.4) is 0 Å². The van der Waals surface area contributed by atoms with Crippen molar-refractivity contribution in [1.82, 2.24) is 9.88 Å². The molecule has 0 aliphatic rings. The van der Waals surface area contributed by atoms with Crippen LogP contribution < -0.4 is 0 Å². The van der Waals surface area contributed by atoms with E-state index in [4.69, 9.17) is 5.11 Å². The van der Waals surface area contributed by atoms with Gasteiger partial charge in [-0.15, -0.1) is 0 Å². The lowest BCUT2D eigenvalue weighted by Gasteiger charge is -2.20. The number of aliphatic hydroxyl groups excluding tert-OH is 1. The molecular weight excluding hydrogens is 188 g/mol. The minimum atomic E-state index is 0.221. The van der Waals surface area contributed by atoms with Crippen LogP contribution in [0.1, 0.15) is 24.5 Å². The predicted octanol–water partition coefficient (Wildman–Crippen LogP) is 1.59. The summed E-state index contributed by atoms with van der Waals surface area (Å²) in [7, 11) is 0. The molecule has 0 saturated heterocycles. The quantitative estimate of drug-likeness (QED) is 0.771. The first-order valence-corrected chi connectivity index (χ1v) is 5.50. The van der Waals surface area contributed by atoms with Gasteiger partial charge in [0.15, 0.2) is 0 Å². The molecule has 0 saturated carbocycles. The summed E-state index contributed by atoms with van der Waals surface area (Å²) in [5.41, 5.74) is 2.41. The molecule has 3 heteroatoms. The van der Waals surface area contributed by atoms with Crippen LogP contribution in [0.4, 0.5) is 0 Å². The van der Waals surface area contributed by atoms with E-state index in [2.05, 4.69) is 22.9 Å². The lowest BCUT2D eigenvalue weighted by molar-refractivity contribution is 0.190. The maximum Gasteiger partial charge on any atom is 0.0558 e. The molecule has 0 aliphatic heterocycles. The molecule has 0 spiro atoms. The van der Waals surface area contributed by atoms with E-state index in [0.717, 1.165) is 26.1 Å². The fourth-order valence-electron chi connectivity index (χ4n) is 1.69. The molecule has 0 atom stereocenters. The van der Waals surface area contributed by atoms with E-state index in [1.54, 1.807) is 0 Å². The molecule has 1 aromatic rings. The van der Waals surface area contributed by atoms with Gasteiger partial charge in [-0.25, -0.2) is 0 Å². The van der Waals surface area contributed by atoms with E-state index in [9.17, 15) is 0 Å². The van der Waals surface area contributed by atoms with Gasteiger partial charge in [-0.05, 0) is 31.0 Å². The first-order chi connectivity index (χ1) is 7.26. The van der Waals surface area contributed by atoms with Crippen molar-refractivity contribution in [2.45, 2.75) is 26.8 Å². The van der Waals surface area contributed by atoms with Crippen LogP contribution in [-0.4, -0.2) is 34.7 Å². The van der Waals surface area contributed by atoms with Gasteiger partial charge in [-0.2, -0.15) is 0 Å². The molecule has 3 nitrogen and oxygen atoms in total. The summed E-state index contributed by atoms with van der Waals surface area (Å²) in [6.07, 6.45) is 4.87. The van der Waals surface area contributed by atoms with Crippen molar-refractivity contribution in [3.05, 3.63) is 29.6 Å². The van der Waals surface area contributed by atoms with E-state index in [1.807, 2.05) is 19.3 Å². The Morgan fingerprint density at radius 2 is 2.13 bits per heavy atom. The fourth-order valence-corrected chi connectivity index (χ4v) is 1.69. The Labute approximate surface area is 91.8 Å². The number of pyridine rings is 1. The molecular formula is C12H20N2O. The van der Waals surface area contributed by atoms with Crippen LogP contribution in [0.2, 0.25) is 0 Å². The summed E-state index contributed by atoms with van der Waals surface area (Å²) in [5.74, 6) is 0. The number of aliphatic hydroxyl groups is 1. The van der Waals surface area contributed by atoms with Gasteiger partial charge in [0.1, 0.15) is 0 Å². The minimum absolute atomic E-state index is 0.221. The zero-order valence-corrected chi connectivity index (χ0v) is 9.61. The molecule has 0 aliphatic carbocycles. The topological polar surface area (TPSA) is 36.4 Å². The van der Waals surface area contributed by atoms with Gasteiger partial charge in [0.05, 0.1) is 6.61 Å². The first-order valence-electron chi connectivity index (χ1n) is 5.50. The van der Waals surface area contributed by atoms with E-state index >= 15 is 0 Å². The van der Waals surface area contributed by atoms with Gasteiger partial charge < -0.3 is 5.11 Å². The molecule has 15 heavy (non-hydrogen) atoms. The van der Waals surface area contributed by atoms with Crippen molar-refractivity contribution >= 4 is 0 Å². The molecule has 0 radical (unpaired) electrons. The van der Waals surface area contributed by atoms with Crippen molar-refractivity contribution in [1.29, 1.82) is 0 Å². The first kappa shape index (κ1) is 12.1. The Balaban J connectivity index is 2.56. The molecule has 84 valence electrons. The highest BCUT2D eigenvalue weighted by Gasteiger charge is 2.04. The van der Waals surface area contributed by atoms with Crippen LogP contribution in [-0.2, 0) is 6.54 Å². The molecule has 0 aromatic carbocycles. The second kappa shape index (κ2) is 6.53. The summed E-state index contributed by atoms with van der Waals surface area (Å²) in [6.45, 7) is 7.06. The van der Waals surface area contributed by atoms with Gasteiger partial charge in [0, 0.05) is 25.5 Å². The zero-order valence-electron chi connectivity index (χ0n) is 9.61. The Bertz CT molecular complexity index is 283. The fraction of sp³-hybridized carbons (Fsp3) is 0.583. The van der Waals surface area contributed by atoms with Crippen molar-refractivity contribution in [2.75, 3.05) is 19.7 Å². The van der Waals surface area contributed by atoms with Gasteiger partial charge in [0.25, 0.3) is 0 Å². The third kappa shape index (κ3) is 4.40. The maximum absolute atomic E-state index is 8.94. The smallest absolute Gasteiger partial charge is 0.0558 e. The third-order valence-corrected chi connectivity index (χ3v) is 2.29. The number of aryl methyl sites for hydroxylation is 1. The SMILES string of the molecule is CCCN(CCO)Cc1cncc(C)c1. The second-order valence-corrected chi connectivity index (χ2v) is 3.87. The molecule has 1 rings (SSSR count). The average Bonchev–Trinajstić information content (AvgIpc) is 2.18. The van der Waals surface area contributed by atoms with Crippen LogP contribution in [0, 0.1) is 6.92 Å². The van der Waals surface area contributed by atoms with Crippen molar-refractivity contribution < 1.29 is 5.11 Å². The molecule has 1 heterocycles. The van der Waals surface area contributed by atoms with Gasteiger partial charge in [0.2, 0.25) is 0 Å². The standard InChI is InChI=1S/C12H20N2O/c1-3-4-14(5-6-15)10-12-7-11(2)8-13-9-12/h7-9,15H,3-6,10H2,1-2H3. The number of hydrogen-bond donors (Lipinski definition) is 1. The molecule has 0 amide bonds. The second-order valence-electron chi connectivity index (χ2n) is 3.87. The number of nitrogens with zero attached hydrogens (tertiary/aromatic N) is 2. The third-order valence-electron chi connectivity index (χ3n) is 2.29. The Morgan fingerprint density at radius 1 is 1.33 bits per heavy atom. The summed E-state index contributed by atoms with van der Waals surface area (Å²) in [6, 6.07) is 2.15. The summed E-state index contributed by atoms with van der Waals surface area (Å²) in [4.78, 5) is 6.41. The Kier molecular flexibility index (Phi) is 5.29. The summed E-state index contributed by atoms with van der Waals surface area (Å²) in [5, 5.41) is 8.94. The van der Waals surface area contributed by atoms with Crippen LogP contribution >= 0.6 is 0 Å². The average molecular weight is 208 g/mol. The molecule has 0 unspecified atom stereocenters. The number of rotatable bonds is 6. The Hall–Kier alpha value is -0.930. The van der Waals surface area contributed by atoms with Crippen molar-refractivity contribution in [2.24, 2.45) is 0 Å². The Morgan fingerprint density at radius 3 is 2.73 bits per heavy atom. The largest absolute Gasteiger partial charge is 0.395 e. The highest BCUT2D eigenvalue weighted by Crippen LogP contribution is 2.05. The number of aromatic nitrogens is 1. The normalized spacial score (nSPS) is 10.9. The number of hydrogen-bond acceptors (Lipinski definition) is 3. The lowest BCUT2D eigenvalue weighted by atomic mass is 10.2. The minimum Gasteiger partial charge on any atom is -0.395 e. The van der Waals surface area contributed by atoms with E-state index in [0.29, 0.717) is 0 Å². The lowest BCUT2D eigenvalue weighted by Crippen LogP contribution is -2.27. The molecule has 0 fully saturated rings. The van der Waals surface area contributed by atoms with E-state index < -0.39 is 0 Å². The van der Waals surface area contributed by atoms with Crippen LogP contribution in [0.15, 0.2) is 18.5 Å². The molecule has 1 N–H and O–H groups in total. The van der Waals surface area contributed by atoms with Crippen molar-refractivity contribution in [3.8, 4) is 0 Å². The highest BCUT2D eigenvalue weighted by molar-refractivity contribution is 5.16. The predicted molar refractivity (Wildman–Crippen MR) is 61.6 cm³/mol. The monoisotopic (exact) mass is 208 g/mol. The summed E-state index contributed by atoms with van der Waals surface area (Å²) >= 11 is 0. The zero-order chi connectivity index (χ0) is 11.1. The van der Waals surface area contributed by atoms with E-state index in [1.165, 1.54) is 11.1 Å². The van der Waals surface area contributed by atoms with Crippen LogP contribution in [0.25, 0.3) is 0 Å². The van der Waals surface area contributed by atoms with Crippen molar-refractivity contribution in [3.63, 3.8) is 0 Å². The highest BCUT2D eigenvalue weighted by atomic mass is 16.3. The maximum atomic E-state index is 8.94. The molecule has 1 aromatic heterocycles. The summed E-state index contributed by atoms with van der Waals surface area (Å²) < 4.78 is 0. The van der Waals surface area contributed by atoms with Crippen LogP contribution in [0.5, 0.6) is 0 Å².